The maximum absolute atomic E-state index is 6.01. The van der Waals surface area contributed by atoms with Gasteiger partial charge in [0, 0.05) is 17.8 Å². The Morgan fingerprint density at radius 3 is 2.90 bits per heavy atom. The number of aryl methyl sites for hydroxylation is 1. The van der Waals surface area contributed by atoms with Crippen LogP contribution in [-0.4, -0.2) is 27.0 Å². The third kappa shape index (κ3) is 2.62. The molecule has 0 aliphatic heterocycles. The van der Waals surface area contributed by atoms with Crippen LogP contribution in [0.5, 0.6) is 5.75 Å². The highest BCUT2D eigenvalue weighted by Crippen LogP contribution is 2.31. The average Bonchev–Trinajstić information content (AvgIpc) is 3.16. The minimum Gasteiger partial charge on any atom is -0.496 e. The fourth-order valence-electron chi connectivity index (χ4n) is 1.94. The lowest BCUT2D eigenvalue weighted by Crippen LogP contribution is -1.94. The molecule has 21 heavy (non-hydrogen) atoms. The Morgan fingerprint density at radius 1 is 1.33 bits per heavy atom. The van der Waals surface area contributed by atoms with Gasteiger partial charge in [0.2, 0.25) is 5.82 Å². The Bertz CT molecular complexity index is 766. The van der Waals surface area contributed by atoms with Gasteiger partial charge in [-0.25, -0.2) is 0 Å². The lowest BCUT2D eigenvalue weighted by atomic mass is 10.2. The van der Waals surface area contributed by atoms with Gasteiger partial charge in [-0.1, -0.05) is 16.8 Å². The van der Waals surface area contributed by atoms with Crippen molar-refractivity contribution in [1.82, 2.24) is 19.9 Å². The van der Waals surface area contributed by atoms with Crippen LogP contribution in [0.3, 0.4) is 0 Å². The number of benzene rings is 1. The zero-order valence-electron chi connectivity index (χ0n) is 11.6. The molecule has 0 aliphatic rings. The third-order valence-corrected chi connectivity index (χ3v) is 3.25. The molecule has 0 saturated carbocycles. The molecule has 2 aromatic heterocycles. The van der Waals surface area contributed by atoms with Crippen molar-refractivity contribution >= 4 is 11.6 Å². The van der Waals surface area contributed by atoms with Gasteiger partial charge in [0.05, 0.1) is 12.7 Å². The number of nitrogens with zero attached hydrogens (tertiary/aromatic N) is 4. The highest BCUT2D eigenvalue weighted by Gasteiger charge is 2.16. The van der Waals surface area contributed by atoms with Crippen LogP contribution in [0.4, 0.5) is 0 Å². The molecule has 0 saturated heterocycles. The number of hydrogen-bond acceptors (Lipinski definition) is 5. The molecule has 0 bridgehead atoms. The predicted octanol–water partition coefficient (Wildman–Crippen LogP) is 3.28. The van der Waals surface area contributed by atoms with Crippen LogP contribution in [0.25, 0.3) is 23.0 Å². The van der Waals surface area contributed by atoms with E-state index in [0.29, 0.717) is 33.7 Å². The van der Waals surface area contributed by atoms with Crippen LogP contribution in [0, 0.1) is 0 Å². The van der Waals surface area contributed by atoms with Gasteiger partial charge in [-0.3, -0.25) is 4.68 Å². The van der Waals surface area contributed by atoms with Gasteiger partial charge in [0.25, 0.3) is 5.89 Å². The predicted molar refractivity (Wildman–Crippen MR) is 78.2 cm³/mol. The molecule has 7 heteroatoms. The Kier molecular flexibility index (Phi) is 3.62. The fraction of sp³-hybridized carbons (Fsp3) is 0.214. The number of halogens is 1. The molecule has 0 N–H and O–H groups in total. The summed E-state index contributed by atoms with van der Waals surface area (Å²) in [7, 11) is 1.58. The first-order valence-corrected chi connectivity index (χ1v) is 6.80. The molecular formula is C14H13ClN4O2. The van der Waals surface area contributed by atoms with Crippen molar-refractivity contribution in [3.63, 3.8) is 0 Å². The molecule has 0 radical (unpaired) electrons. The second kappa shape index (κ2) is 5.57. The fourth-order valence-corrected chi connectivity index (χ4v) is 2.12. The molecule has 0 fully saturated rings. The molecule has 0 aliphatic carbocycles. The van der Waals surface area contributed by atoms with Gasteiger partial charge in [-0.2, -0.15) is 10.1 Å². The Balaban J connectivity index is 2.00. The summed E-state index contributed by atoms with van der Waals surface area (Å²) in [6.45, 7) is 2.79. The summed E-state index contributed by atoms with van der Waals surface area (Å²) in [4.78, 5) is 4.36. The van der Waals surface area contributed by atoms with Crippen LogP contribution < -0.4 is 4.74 Å². The summed E-state index contributed by atoms with van der Waals surface area (Å²) in [6, 6.07) is 7.07. The van der Waals surface area contributed by atoms with Gasteiger partial charge >= 0.3 is 0 Å². The van der Waals surface area contributed by atoms with Crippen molar-refractivity contribution < 1.29 is 9.26 Å². The van der Waals surface area contributed by atoms with Gasteiger partial charge in [-0.15, -0.1) is 0 Å². The molecule has 0 unspecified atom stereocenters. The van der Waals surface area contributed by atoms with E-state index in [1.807, 2.05) is 19.2 Å². The van der Waals surface area contributed by atoms with E-state index < -0.39 is 0 Å². The van der Waals surface area contributed by atoms with E-state index in [9.17, 15) is 0 Å². The normalized spacial score (nSPS) is 10.8. The van der Waals surface area contributed by atoms with Crippen LogP contribution >= 0.6 is 11.6 Å². The third-order valence-electron chi connectivity index (χ3n) is 3.01. The second-order valence-electron chi connectivity index (χ2n) is 4.32. The van der Waals surface area contributed by atoms with E-state index in [-0.39, 0.29) is 0 Å². The molecule has 2 heterocycles. The number of methoxy groups -OCH3 is 1. The molecule has 108 valence electrons. The maximum Gasteiger partial charge on any atom is 0.278 e. The SMILES string of the molecule is CCn1ccc(-c2nc(-c3cc(Cl)ccc3OC)no2)n1. The molecular weight excluding hydrogens is 292 g/mol. The topological polar surface area (TPSA) is 66.0 Å². The molecule has 0 amide bonds. The van der Waals surface area contributed by atoms with Crippen molar-refractivity contribution in [3.05, 3.63) is 35.5 Å². The van der Waals surface area contributed by atoms with Crippen molar-refractivity contribution in [1.29, 1.82) is 0 Å². The number of rotatable bonds is 4. The molecule has 3 rings (SSSR count). The highest BCUT2D eigenvalue weighted by molar-refractivity contribution is 6.30. The van der Waals surface area contributed by atoms with E-state index in [4.69, 9.17) is 20.9 Å². The lowest BCUT2D eigenvalue weighted by Gasteiger charge is -2.04. The average molecular weight is 305 g/mol. The van der Waals surface area contributed by atoms with Crippen LogP contribution in [0.1, 0.15) is 6.92 Å². The standard InChI is InChI=1S/C14H13ClN4O2/c1-3-19-7-6-11(17-19)14-16-13(18-21-14)10-8-9(15)4-5-12(10)20-2/h4-8H,3H2,1-2H3. The molecule has 1 aromatic carbocycles. The molecule has 0 atom stereocenters. The first-order valence-electron chi connectivity index (χ1n) is 6.42. The van der Waals surface area contributed by atoms with E-state index in [0.717, 1.165) is 6.54 Å². The van der Waals surface area contributed by atoms with Crippen molar-refractivity contribution in [3.8, 4) is 28.7 Å². The summed E-state index contributed by atoms with van der Waals surface area (Å²) < 4.78 is 12.3. The number of hydrogen-bond donors (Lipinski definition) is 0. The zero-order valence-corrected chi connectivity index (χ0v) is 12.3. The Morgan fingerprint density at radius 2 is 2.19 bits per heavy atom. The van der Waals surface area contributed by atoms with Gasteiger partial charge in [0.15, 0.2) is 5.69 Å². The molecule has 0 spiro atoms. The van der Waals surface area contributed by atoms with Gasteiger partial charge in [-0.05, 0) is 31.2 Å². The van der Waals surface area contributed by atoms with E-state index >= 15 is 0 Å². The quantitative estimate of drug-likeness (QED) is 0.740. The zero-order chi connectivity index (χ0) is 14.8. The second-order valence-corrected chi connectivity index (χ2v) is 4.76. The Hall–Kier alpha value is -2.34. The van der Waals surface area contributed by atoms with E-state index in [1.54, 1.807) is 30.0 Å². The van der Waals surface area contributed by atoms with E-state index in [2.05, 4.69) is 15.2 Å². The summed E-state index contributed by atoms with van der Waals surface area (Å²) >= 11 is 6.01. The number of ether oxygens (including phenoxy) is 1. The minimum atomic E-state index is 0.360. The highest BCUT2D eigenvalue weighted by atomic mass is 35.5. The Labute approximate surface area is 126 Å². The van der Waals surface area contributed by atoms with E-state index in [1.165, 1.54) is 0 Å². The molecule has 6 nitrogen and oxygen atoms in total. The summed E-state index contributed by atoms with van der Waals surface area (Å²) in [5.41, 5.74) is 1.31. The lowest BCUT2D eigenvalue weighted by molar-refractivity contribution is 0.413. The van der Waals surface area contributed by atoms with Crippen LogP contribution in [-0.2, 0) is 6.54 Å². The summed E-state index contributed by atoms with van der Waals surface area (Å²) in [5.74, 6) is 1.40. The molecule has 3 aromatic rings. The van der Waals surface area contributed by atoms with Crippen molar-refractivity contribution in [2.75, 3.05) is 7.11 Å². The van der Waals surface area contributed by atoms with Crippen molar-refractivity contribution in [2.24, 2.45) is 0 Å². The van der Waals surface area contributed by atoms with Gasteiger partial charge in [0.1, 0.15) is 5.75 Å². The van der Waals surface area contributed by atoms with Crippen LogP contribution in [0.15, 0.2) is 35.0 Å². The maximum atomic E-state index is 6.01. The largest absolute Gasteiger partial charge is 0.496 e. The van der Waals surface area contributed by atoms with Crippen LogP contribution in [0.2, 0.25) is 5.02 Å². The number of aromatic nitrogens is 4. The minimum absolute atomic E-state index is 0.360. The van der Waals surface area contributed by atoms with Crippen molar-refractivity contribution in [2.45, 2.75) is 13.5 Å². The van der Waals surface area contributed by atoms with Gasteiger partial charge < -0.3 is 9.26 Å². The first-order chi connectivity index (χ1) is 10.2. The first kappa shape index (κ1) is 13.6. The monoisotopic (exact) mass is 304 g/mol. The summed E-state index contributed by atoms with van der Waals surface area (Å²) in [5, 5.41) is 8.88. The smallest absolute Gasteiger partial charge is 0.278 e. The summed E-state index contributed by atoms with van der Waals surface area (Å²) in [6.07, 6.45) is 1.86.